The van der Waals surface area contributed by atoms with Crippen LogP contribution in [0.15, 0.2) is 84.6 Å². The standard InChI is InChI=1S/C31H31FN4O3/c1-7-34-22-14-19(13-20(15-22)29(37)36-31(3,4)5)23-16-24-26(17-25(23)35-8-2)39-28(27(24)30(38)33-6)18-9-11-21(32)12-10-18/h7-17,34-35H,1-2H2,3-6H3,(H,33,38)(H,36,37). The molecule has 1 heterocycles. The SMILES string of the molecule is C=CNc1cc(C(=O)NC(C)(C)C)cc(-c2cc3c(C(=O)NC)c(-c4ccc(F)cc4)oc3cc2NC=C)c1. The van der Waals surface area contributed by atoms with Gasteiger partial charge in [-0.15, -0.1) is 0 Å². The number of furan rings is 1. The summed E-state index contributed by atoms with van der Waals surface area (Å²) < 4.78 is 19.8. The van der Waals surface area contributed by atoms with E-state index in [-0.39, 0.29) is 11.8 Å². The number of carbonyl (C=O) groups is 2. The van der Waals surface area contributed by atoms with Gasteiger partial charge in [-0.25, -0.2) is 4.39 Å². The lowest BCUT2D eigenvalue weighted by atomic mass is 9.96. The molecule has 3 aromatic carbocycles. The monoisotopic (exact) mass is 526 g/mol. The first-order valence-electron chi connectivity index (χ1n) is 12.4. The molecular weight excluding hydrogens is 495 g/mol. The van der Waals surface area contributed by atoms with Crippen molar-refractivity contribution in [3.63, 3.8) is 0 Å². The molecule has 0 saturated heterocycles. The number of amides is 2. The van der Waals surface area contributed by atoms with Crippen molar-refractivity contribution in [2.45, 2.75) is 26.3 Å². The highest BCUT2D eigenvalue weighted by molar-refractivity contribution is 6.13. The Kier molecular flexibility index (Phi) is 7.58. The molecule has 0 bridgehead atoms. The van der Waals surface area contributed by atoms with Crippen LogP contribution in [-0.2, 0) is 0 Å². The van der Waals surface area contributed by atoms with Gasteiger partial charge >= 0.3 is 0 Å². The van der Waals surface area contributed by atoms with Crippen molar-refractivity contribution in [2.24, 2.45) is 0 Å². The molecule has 4 N–H and O–H groups in total. The van der Waals surface area contributed by atoms with Gasteiger partial charge in [-0.05, 0) is 87.3 Å². The fraction of sp³-hybridized carbons (Fsp3) is 0.161. The molecule has 8 heteroatoms. The Bertz CT molecular complexity index is 1580. The van der Waals surface area contributed by atoms with Crippen LogP contribution < -0.4 is 21.3 Å². The van der Waals surface area contributed by atoms with E-state index in [9.17, 15) is 14.0 Å². The second-order valence-corrected chi connectivity index (χ2v) is 9.99. The summed E-state index contributed by atoms with van der Waals surface area (Å²) in [7, 11) is 1.54. The van der Waals surface area contributed by atoms with E-state index in [1.807, 2.05) is 32.9 Å². The first kappa shape index (κ1) is 27.2. The molecule has 1 aromatic heterocycles. The minimum atomic E-state index is -0.427. The van der Waals surface area contributed by atoms with Crippen LogP contribution >= 0.6 is 0 Å². The van der Waals surface area contributed by atoms with Gasteiger partial charge < -0.3 is 25.7 Å². The number of rotatable bonds is 8. The predicted octanol–water partition coefficient (Wildman–Crippen LogP) is 6.90. The van der Waals surface area contributed by atoms with Gasteiger partial charge in [0.05, 0.1) is 5.56 Å². The van der Waals surface area contributed by atoms with E-state index in [0.29, 0.717) is 55.9 Å². The van der Waals surface area contributed by atoms with Crippen molar-refractivity contribution in [3.8, 4) is 22.5 Å². The lowest BCUT2D eigenvalue weighted by molar-refractivity contribution is 0.0918. The average Bonchev–Trinajstić information content (AvgIpc) is 3.25. The van der Waals surface area contributed by atoms with E-state index in [0.717, 1.165) is 0 Å². The van der Waals surface area contributed by atoms with E-state index in [1.54, 1.807) is 30.3 Å². The highest BCUT2D eigenvalue weighted by atomic mass is 19.1. The molecule has 4 rings (SSSR count). The van der Waals surface area contributed by atoms with Gasteiger partial charge in [0.25, 0.3) is 11.8 Å². The largest absolute Gasteiger partial charge is 0.455 e. The summed E-state index contributed by atoms with van der Waals surface area (Å²) in [5, 5.41) is 12.4. The first-order chi connectivity index (χ1) is 18.5. The topological polar surface area (TPSA) is 95.4 Å². The summed E-state index contributed by atoms with van der Waals surface area (Å²) in [5.41, 5.74) is 4.07. The molecule has 39 heavy (non-hydrogen) atoms. The number of carbonyl (C=O) groups excluding carboxylic acids is 2. The Balaban J connectivity index is 1.99. The van der Waals surface area contributed by atoms with Gasteiger partial charge in [0.1, 0.15) is 17.2 Å². The van der Waals surface area contributed by atoms with E-state index >= 15 is 0 Å². The Morgan fingerprint density at radius 2 is 1.59 bits per heavy atom. The smallest absolute Gasteiger partial charge is 0.255 e. The summed E-state index contributed by atoms with van der Waals surface area (Å²) in [5.74, 6) is -0.659. The molecule has 0 radical (unpaired) electrons. The maximum atomic E-state index is 13.6. The zero-order valence-corrected chi connectivity index (χ0v) is 22.4. The van der Waals surface area contributed by atoms with Gasteiger partial charge in [-0.1, -0.05) is 13.2 Å². The van der Waals surface area contributed by atoms with Crippen molar-refractivity contribution >= 4 is 34.2 Å². The van der Waals surface area contributed by atoms with Gasteiger partial charge in [0.15, 0.2) is 0 Å². The van der Waals surface area contributed by atoms with Crippen molar-refractivity contribution in [1.82, 2.24) is 10.6 Å². The minimum absolute atomic E-state index is 0.233. The molecule has 200 valence electrons. The van der Waals surface area contributed by atoms with Crippen molar-refractivity contribution in [1.29, 1.82) is 0 Å². The normalized spacial score (nSPS) is 11.1. The van der Waals surface area contributed by atoms with Gasteiger partial charge in [-0.2, -0.15) is 0 Å². The van der Waals surface area contributed by atoms with Crippen molar-refractivity contribution in [2.75, 3.05) is 17.7 Å². The molecule has 0 aliphatic rings. The third kappa shape index (κ3) is 5.85. The number of fused-ring (bicyclic) bond motifs is 1. The third-order valence-electron chi connectivity index (χ3n) is 5.91. The molecule has 0 atom stereocenters. The van der Waals surface area contributed by atoms with E-state index in [1.165, 1.54) is 31.6 Å². The van der Waals surface area contributed by atoms with Gasteiger partial charge in [-0.3, -0.25) is 9.59 Å². The van der Waals surface area contributed by atoms with Crippen LogP contribution in [-0.4, -0.2) is 24.4 Å². The molecule has 4 aromatic rings. The molecule has 0 unspecified atom stereocenters. The molecule has 7 nitrogen and oxygen atoms in total. The fourth-order valence-corrected chi connectivity index (χ4v) is 4.29. The Morgan fingerprint density at radius 1 is 0.897 bits per heavy atom. The number of hydrogen-bond donors (Lipinski definition) is 4. The molecule has 0 fully saturated rings. The van der Waals surface area contributed by atoms with Crippen LogP contribution in [0.4, 0.5) is 15.8 Å². The summed E-state index contributed by atoms with van der Waals surface area (Å²) in [6.07, 6.45) is 3.07. The number of anilines is 2. The lowest BCUT2D eigenvalue weighted by Crippen LogP contribution is -2.40. The number of benzene rings is 3. The summed E-state index contributed by atoms with van der Waals surface area (Å²) in [6, 6.07) is 14.8. The third-order valence-corrected chi connectivity index (χ3v) is 5.91. The van der Waals surface area contributed by atoms with Gasteiger partial charge in [0.2, 0.25) is 0 Å². The second kappa shape index (κ2) is 10.9. The Morgan fingerprint density at radius 3 is 2.21 bits per heavy atom. The minimum Gasteiger partial charge on any atom is -0.455 e. The fourth-order valence-electron chi connectivity index (χ4n) is 4.29. The maximum absolute atomic E-state index is 13.6. The van der Waals surface area contributed by atoms with Crippen molar-refractivity contribution in [3.05, 3.63) is 97.1 Å². The molecule has 0 aliphatic carbocycles. The number of nitrogens with one attached hydrogen (secondary N) is 4. The zero-order chi connectivity index (χ0) is 28.3. The van der Waals surface area contributed by atoms with Crippen LogP contribution in [0.1, 0.15) is 41.5 Å². The van der Waals surface area contributed by atoms with E-state index < -0.39 is 11.4 Å². The maximum Gasteiger partial charge on any atom is 0.255 e. The molecule has 2 amide bonds. The number of hydrogen-bond acceptors (Lipinski definition) is 5. The molecule has 0 aliphatic heterocycles. The second-order valence-electron chi connectivity index (χ2n) is 9.99. The van der Waals surface area contributed by atoms with Crippen LogP contribution in [0.25, 0.3) is 33.4 Å². The molecular formula is C31H31FN4O3. The van der Waals surface area contributed by atoms with Crippen LogP contribution in [0.2, 0.25) is 0 Å². The first-order valence-corrected chi connectivity index (χ1v) is 12.4. The molecule has 0 saturated carbocycles. The summed E-state index contributed by atoms with van der Waals surface area (Å²) >= 11 is 0. The predicted molar refractivity (Wildman–Crippen MR) is 155 cm³/mol. The van der Waals surface area contributed by atoms with Gasteiger partial charge in [0, 0.05) is 52.1 Å². The summed E-state index contributed by atoms with van der Waals surface area (Å²) in [4.78, 5) is 26.2. The van der Waals surface area contributed by atoms with E-state index in [4.69, 9.17) is 4.42 Å². The zero-order valence-electron chi connectivity index (χ0n) is 22.4. The van der Waals surface area contributed by atoms with E-state index in [2.05, 4.69) is 34.4 Å². The lowest BCUT2D eigenvalue weighted by Gasteiger charge is -2.21. The average molecular weight is 527 g/mol. The highest BCUT2D eigenvalue weighted by Gasteiger charge is 2.24. The van der Waals surface area contributed by atoms with Crippen LogP contribution in [0.5, 0.6) is 0 Å². The number of halogens is 1. The van der Waals surface area contributed by atoms with Crippen LogP contribution in [0.3, 0.4) is 0 Å². The summed E-state index contributed by atoms with van der Waals surface area (Å²) in [6.45, 7) is 13.3. The Hall–Kier alpha value is -4.85. The van der Waals surface area contributed by atoms with Crippen LogP contribution in [0, 0.1) is 5.82 Å². The quantitative estimate of drug-likeness (QED) is 0.200. The van der Waals surface area contributed by atoms with Crippen molar-refractivity contribution < 1.29 is 18.4 Å². The Labute approximate surface area is 226 Å². The highest BCUT2D eigenvalue weighted by Crippen LogP contribution is 2.40. The molecule has 0 spiro atoms.